The average molecular weight is 331 g/mol. The molecule has 0 saturated carbocycles. The van der Waals surface area contributed by atoms with Crippen LogP contribution in [-0.2, 0) is 11.0 Å². The SMILES string of the molecule is CC(C)[C@H](N)C(=O)N1CC[C@@H](Oc2ccc(C(F)(F)F)cn2)C1. The van der Waals surface area contributed by atoms with Crippen LogP contribution in [-0.4, -0.2) is 41.0 Å². The second-order valence-electron chi connectivity index (χ2n) is 5.97. The second kappa shape index (κ2) is 6.74. The van der Waals surface area contributed by atoms with Gasteiger partial charge in [-0.15, -0.1) is 0 Å². The van der Waals surface area contributed by atoms with Gasteiger partial charge in [-0.25, -0.2) is 4.98 Å². The highest BCUT2D eigenvalue weighted by Gasteiger charge is 2.33. The largest absolute Gasteiger partial charge is 0.472 e. The first-order valence-corrected chi connectivity index (χ1v) is 7.42. The predicted molar refractivity (Wildman–Crippen MR) is 77.7 cm³/mol. The molecule has 2 atom stereocenters. The van der Waals surface area contributed by atoms with Crippen LogP contribution in [0.1, 0.15) is 25.8 Å². The van der Waals surface area contributed by atoms with E-state index in [1.165, 1.54) is 6.07 Å². The molecule has 8 heteroatoms. The van der Waals surface area contributed by atoms with E-state index in [0.717, 1.165) is 12.3 Å². The number of carbonyl (C=O) groups is 1. The van der Waals surface area contributed by atoms with Crippen LogP contribution in [0.25, 0.3) is 0 Å². The summed E-state index contributed by atoms with van der Waals surface area (Å²) in [6.07, 6.45) is -3.38. The van der Waals surface area contributed by atoms with Gasteiger partial charge in [-0.05, 0) is 12.0 Å². The number of amides is 1. The van der Waals surface area contributed by atoms with Gasteiger partial charge in [-0.2, -0.15) is 13.2 Å². The molecule has 1 amide bonds. The van der Waals surface area contributed by atoms with Crippen molar-refractivity contribution in [1.29, 1.82) is 0 Å². The molecule has 2 rings (SSSR count). The number of likely N-dealkylation sites (tertiary alicyclic amines) is 1. The fourth-order valence-electron chi connectivity index (χ4n) is 2.31. The molecule has 0 radical (unpaired) electrons. The van der Waals surface area contributed by atoms with Crippen molar-refractivity contribution < 1.29 is 22.7 Å². The average Bonchev–Trinajstić information content (AvgIpc) is 2.93. The Kier molecular flexibility index (Phi) is 5.13. The zero-order valence-electron chi connectivity index (χ0n) is 13.0. The summed E-state index contributed by atoms with van der Waals surface area (Å²) in [5.74, 6) is 0.0241. The first-order chi connectivity index (χ1) is 10.7. The van der Waals surface area contributed by atoms with E-state index in [-0.39, 0.29) is 23.8 Å². The van der Waals surface area contributed by atoms with Crippen molar-refractivity contribution in [3.05, 3.63) is 23.9 Å². The van der Waals surface area contributed by atoms with Crippen LogP contribution in [0, 0.1) is 5.92 Å². The number of halogens is 3. The van der Waals surface area contributed by atoms with E-state index in [4.69, 9.17) is 10.5 Å². The second-order valence-corrected chi connectivity index (χ2v) is 5.97. The molecular weight excluding hydrogens is 311 g/mol. The van der Waals surface area contributed by atoms with Crippen LogP contribution in [0.15, 0.2) is 18.3 Å². The minimum absolute atomic E-state index is 0.0408. The molecule has 5 nitrogen and oxygen atoms in total. The third-order valence-corrected chi connectivity index (χ3v) is 3.81. The Hall–Kier alpha value is -1.83. The summed E-state index contributed by atoms with van der Waals surface area (Å²) in [5, 5.41) is 0. The van der Waals surface area contributed by atoms with Crippen molar-refractivity contribution in [2.45, 2.75) is 38.6 Å². The molecule has 23 heavy (non-hydrogen) atoms. The number of rotatable bonds is 4. The number of carbonyl (C=O) groups excluding carboxylic acids is 1. The van der Waals surface area contributed by atoms with Crippen molar-refractivity contribution in [1.82, 2.24) is 9.88 Å². The van der Waals surface area contributed by atoms with E-state index in [1.807, 2.05) is 13.8 Å². The van der Waals surface area contributed by atoms with Gasteiger partial charge in [0.2, 0.25) is 11.8 Å². The van der Waals surface area contributed by atoms with Crippen LogP contribution < -0.4 is 10.5 Å². The van der Waals surface area contributed by atoms with E-state index in [0.29, 0.717) is 19.5 Å². The summed E-state index contributed by atoms with van der Waals surface area (Å²) in [6.45, 7) is 4.63. The van der Waals surface area contributed by atoms with Gasteiger partial charge in [0.25, 0.3) is 0 Å². The predicted octanol–water partition coefficient (Wildman–Crippen LogP) is 2.06. The van der Waals surface area contributed by atoms with Crippen LogP contribution in [0.5, 0.6) is 5.88 Å². The van der Waals surface area contributed by atoms with Gasteiger partial charge in [0.05, 0.1) is 18.2 Å². The number of nitrogens with zero attached hydrogens (tertiary/aromatic N) is 2. The number of alkyl halides is 3. The van der Waals surface area contributed by atoms with Gasteiger partial charge in [0.1, 0.15) is 6.10 Å². The number of pyridine rings is 1. The van der Waals surface area contributed by atoms with E-state index in [2.05, 4.69) is 4.98 Å². The Morgan fingerprint density at radius 3 is 2.65 bits per heavy atom. The fraction of sp³-hybridized carbons (Fsp3) is 0.600. The molecule has 1 aliphatic heterocycles. The van der Waals surface area contributed by atoms with Crippen LogP contribution >= 0.6 is 0 Å². The molecule has 1 aliphatic rings. The molecule has 2 N–H and O–H groups in total. The highest BCUT2D eigenvalue weighted by molar-refractivity contribution is 5.82. The summed E-state index contributed by atoms with van der Waals surface area (Å²) in [6, 6.07) is 1.56. The monoisotopic (exact) mass is 331 g/mol. The van der Waals surface area contributed by atoms with Gasteiger partial charge < -0.3 is 15.4 Å². The third-order valence-electron chi connectivity index (χ3n) is 3.81. The number of aromatic nitrogens is 1. The molecule has 0 bridgehead atoms. The molecule has 0 aromatic carbocycles. The van der Waals surface area contributed by atoms with Crippen LogP contribution in [0.2, 0.25) is 0 Å². The Morgan fingerprint density at radius 2 is 2.13 bits per heavy atom. The maximum Gasteiger partial charge on any atom is 0.417 e. The molecule has 0 spiro atoms. The number of hydrogen-bond donors (Lipinski definition) is 1. The molecule has 1 aromatic rings. The maximum atomic E-state index is 12.5. The van der Waals surface area contributed by atoms with Gasteiger partial charge in [-0.1, -0.05) is 13.8 Å². The van der Waals surface area contributed by atoms with Crippen molar-refractivity contribution in [3.8, 4) is 5.88 Å². The normalized spacial score (nSPS) is 20.0. The van der Waals surface area contributed by atoms with Gasteiger partial charge >= 0.3 is 6.18 Å². The van der Waals surface area contributed by atoms with Crippen molar-refractivity contribution in [3.63, 3.8) is 0 Å². The Labute approximate surface area is 132 Å². The van der Waals surface area contributed by atoms with Gasteiger partial charge in [0, 0.05) is 25.2 Å². The third kappa shape index (κ3) is 4.34. The Balaban J connectivity index is 1.92. The molecule has 1 fully saturated rings. The summed E-state index contributed by atoms with van der Waals surface area (Å²) >= 11 is 0. The molecule has 1 saturated heterocycles. The standard InChI is InChI=1S/C15H20F3N3O2/c1-9(2)13(19)14(22)21-6-5-11(8-21)23-12-4-3-10(7-20-12)15(16,17)18/h3-4,7,9,11,13H,5-6,8,19H2,1-2H3/t11-,13+/m1/s1. The summed E-state index contributed by atoms with van der Waals surface area (Å²) < 4.78 is 43.0. The zero-order valence-corrected chi connectivity index (χ0v) is 13.0. The number of ether oxygens (including phenoxy) is 1. The number of hydrogen-bond acceptors (Lipinski definition) is 4. The molecule has 0 unspecified atom stereocenters. The maximum absolute atomic E-state index is 12.5. The molecule has 0 aliphatic carbocycles. The lowest BCUT2D eigenvalue weighted by atomic mass is 10.0. The van der Waals surface area contributed by atoms with E-state index in [9.17, 15) is 18.0 Å². The summed E-state index contributed by atoms with van der Waals surface area (Å²) in [7, 11) is 0. The van der Waals surface area contributed by atoms with E-state index < -0.39 is 17.8 Å². The van der Waals surface area contributed by atoms with E-state index in [1.54, 1.807) is 4.90 Å². The topological polar surface area (TPSA) is 68.5 Å². The Morgan fingerprint density at radius 1 is 1.43 bits per heavy atom. The molecule has 2 heterocycles. The first-order valence-electron chi connectivity index (χ1n) is 7.42. The number of nitrogens with two attached hydrogens (primary N) is 1. The fourth-order valence-corrected chi connectivity index (χ4v) is 2.31. The molecule has 1 aromatic heterocycles. The van der Waals surface area contributed by atoms with E-state index >= 15 is 0 Å². The van der Waals surface area contributed by atoms with Crippen molar-refractivity contribution >= 4 is 5.91 Å². The van der Waals surface area contributed by atoms with Crippen LogP contribution in [0.3, 0.4) is 0 Å². The molecular formula is C15H20F3N3O2. The van der Waals surface area contributed by atoms with Crippen molar-refractivity contribution in [2.24, 2.45) is 11.7 Å². The van der Waals surface area contributed by atoms with Crippen molar-refractivity contribution in [2.75, 3.05) is 13.1 Å². The molecule has 128 valence electrons. The van der Waals surface area contributed by atoms with Gasteiger partial charge in [0.15, 0.2) is 0 Å². The Bertz CT molecular complexity index is 546. The summed E-state index contributed by atoms with van der Waals surface area (Å²) in [4.78, 5) is 17.4. The first kappa shape index (κ1) is 17.5. The minimum atomic E-state index is -4.42. The lowest BCUT2D eigenvalue weighted by molar-refractivity contribution is -0.138. The highest BCUT2D eigenvalue weighted by atomic mass is 19.4. The quantitative estimate of drug-likeness (QED) is 0.917. The smallest absolute Gasteiger partial charge is 0.417 e. The van der Waals surface area contributed by atoms with Gasteiger partial charge in [-0.3, -0.25) is 4.79 Å². The lowest BCUT2D eigenvalue weighted by Gasteiger charge is -2.23. The minimum Gasteiger partial charge on any atom is -0.472 e. The highest BCUT2D eigenvalue weighted by Crippen LogP contribution is 2.29. The summed E-state index contributed by atoms with van der Waals surface area (Å²) in [5.41, 5.74) is 5.02. The van der Waals surface area contributed by atoms with Crippen LogP contribution in [0.4, 0.5) is 13.2 Å². The zero-order chi connectivity index (χ0) is 17.2. The lowest BCUT2D eigenvalue weighted by Crippen LogP contribution is -2.46.